The van der Waals surface area contributed by atoms with E-state index in [9.17, 15) is 4.79 Å². The standard InChI is InChI=1S/C15H18ClN3O/c1-5-12-15(16)13(19(4)18-12)8-14(20)11-6-9(2)17-10(3)7-11/h6-7H,5,8H2,1-4H3. The quantitative estimate of drug-likeness (QED) is 0.813. The third kappa shape index (κ3) is 2.90. The Morgan fingerprint density at radius 2 is 1.90 bits per heavy atom. The van der Waals surface area contributed by atoms with Gasteiger partial charge in [0, 0.05) is 24.0 Å². The van der Waals surface area contributed by atoms with Crippen LogP contribution in [0.4, 0.5) is 0 Å². The fraction of sp³-hybridized carbons (Fsp3) is 0.400. The molecule has 106 valence electrons. The number of Topliss-reactive ketones (excluding diaryl/α,β-unsaturated/α-hetero) is 1. The molecule has 5 heteroatoms. The van der Waals surface area contributed by atoms with Crippen molar-refractivity contribution in [3.05, 3.63) is 45.5 Å². The first kappa shape index (κ1) is 14.7. The number of carbonyl (C=O) groups excluding carboxylic acids is 1. The van der Waals surface area contributed by atoms with Gasteiger partial charge < -0.3 is 0 Å². The third-order valence-electron chi connectivity index (χ3n) is 3.23. The van der Waals surface area contributed by atoms with Gasteiger partial charge in [0.2, 0.25) is 0 Å². The Morgan fingerprint density at radius 1 is 1.30 bits per heavy atom. The highest BCUT2D eigenvalue weighted by Gasteiger charge is 2.17. The van der Waals surface area contributed by atoms with E-state index in [1.165, 1.54) is 0 Å². The summed E-state index contributed by atoms with van der Waals surface area (Å²) in [6.07, 6.45) is 1.01. The van der Waals surface area contributed by atoms with E-state index in [-0.39, 0.29) is 12.2 Å². The molecule has 0 bridgehead atoms. The molecule has 0 aliphatic carbocycles. The van der Waals surface area contributed by atoms with Crippen molar-refractivity contribution in [2.24, 2.45) is 7.05 Å². The Bertz CT molecular complexity index is 641. The molecule has 20 heavy (non-hydrogen) atoms. The summed E-state index contributed by atoms with van der Waals surface area (Å²) < 4.78 is 1.69. The number of hydrogen-bond donors (Lipinski definition) is 0. The van der Waals surface area contributed by atoms with E-state index in [0.29, 0.717) is 10.6 Å². The predicted molar refractivity (Wildman–Crippen MR) is 79.3 cm³/mol. The molecule has 0 atom stereocenters. The van der Waals surface area contributed by atoms with Crippen molar-refractivity contribution in [1.82, 2.24) is 14.8 Å². The highest BCUT2D eigenvalue weighted by Crippen LogP contribution is 2.22. The predicted octanol–water partition coefficient (Wildman–Crippen LogP) is 3.07. The lowest BCUT2D eigenvalue weighted by Crippen LogP contribution is -2.09. The number of ketones is 1. The second-order valence-corrected chi connectivity index (χ2v) is 5.30. The molecule has 2 heterocycles. The summed E-state index contributed by atoms with van der Waals surface area (Å²) in [4.78, 5) is 16.7. The Hall–Kier alpha value is -1.68. The van der Waals surface area contributed by atoms with Gasteiger partial charge in [0.25, 0.3) is 0 Å². The molecular weight excluding hydrogens is 274 g/mol. The second-order valence-electron chi connectivity index (χ2n) is 4.92. The molecule has 0 N–H and O–H groups in total. The first-order valence-electron chi connectivity index (χ1n) is 6.61. The summed E-state index contributed by atoms with van der Waals surface area (Å²) in [7, 11) is 1.82. The van der Waals surface area contributed by atoms with E-state index < -0.39 is 0 Å². The van der Waals surface area contributed by atoms with Gasteiger partial charge in [0.05, 0.1) is 22.8 Å². The van der Waals surface area contributed by atoms with Crippen LogP contribution in [0.2, 0.25) is 5.02 Å². The average Bonchev–Trinajstić information content (AvgIpc) is 2.65. The topological polar surface area (TPSA) is 47.8 Å². The van der Waals surface area contributed by atoms with Crippen molar-refractivity contribution in [3.8, 4) is 0 Å². The molecule has 0 aliphatic rings. The van der Waals surface area contributed by atoms with Gasteiger partial charge >= 0.3 is 0 Å². The summed E-state index contributed by atoms with van der Waals surface area (Å²) >= 11 is 6.28. The number of pyridine rings is 1. The molecule has 0 aliphatic heterocycles. The van der Waals surface area contributed by atoms with Crippen molar-refractivity contribution in [2.75, 3.05) is 0 Å². The molecule has 0 radical (unpaired) electrons. The molecule has 0 amide bonds. The van der Waals surface area contributed by atoms with E-state index >= 15 is 0 Å². The summed E-state index contributed by atoms with van der Waals surface area (Å²) in [5, 5.41) is 4.93. The van der Waals surface area contributed by atoms with E-state index in [4.69, 9.17) is 11.6 Å². The van der Waals surface area contributed by atoms with Crippen LogP contribution in [0.1, 0.15) is 40.1 Å². The van der Waals surface area contributed by atoms with Crippen LogP contribution in [0.3, 0.4) is 0 Å². The molecule has 2 aromatic rings. The fourth-order valence-electron chi connectivity index (χ4n) is 2.26. The minimum absolute atomic E-state index is 0.0335. The van der Waals surface area contributed by atoms with Crippen molar-refractivity contribution < 1.29 is 4.79 Å². The van der Waals surface area contributed by atoms with Crippen molar-refractivity contribution >= 4 is 17.4 Å². The van der Waals surface area contributed by atoms with Gasteiger partial charge in [-0.1, -0.05) is 18.5 Å². The van der Waals surface area contributed by atoms with Gasteiger partial charge in [-0.15, -0.1) is 0 Å². The normalized spacial score (nSPS) is 10.8. The van der Waals surface area contributed by atoms with E-state index in [0.717, 1.165) is 29.2 Å². The Kier molecular flexibility index (Phi) is 4.23. The lowest BCUT2D eigenvalue weighted by Gasteiger charge is -2.05. The van der Waals surface area contributed by atoms with Crippen LogP contribution in [-0.2, 0) is 19.9 Å². The van der Waals surface area contributed by atoms with Crippen LogP contribution >= 0.6 is 11.6 Å². The third-order valence-corrected chi connectivity index (χ3v) is 3.67. The number of aromatic nitrogens is 3. The maximum atomic E-state index is 12.4. The molecule has 2 aromatic heterocycles. The Labute approximate surface area is 123 Å². The van der Waals surface area contributed by atoms with Gasteiger partial charge in [0.1, 0.15) is 0 Å². The van der Waals surface area contributed by atoms with Crippen LogP contribution in [0.15, 0.2) is 12.1 Å². The summed E-state index contributed by atoms with van der Waals surface area (Å²) in [5.74, 6) is 0.0335. The van der Waals surface area contributed by atoms with Crippen LogP contribution in [-0.4, -0.2) is 20.5 Å². The molecule has 0 spiro atoms. The number of aryl methyl sites for hydroxylation is 4. The molecule has 2 rings (SSSR count). The average molecular weight is 292 g/mol. The lowest BCUT2D eigenvalue weighted by molar-refractivity contribution is 0.0990. The van der Waals surface area contributed by atoms with E-state index in [1.807, 2.05) is 27.8 Å². The van der Waals surface area contributed by atoms with E-state index in [1.54, 1.807) is 16.8 Å². The number of halogens is 1. The minimum Gasteiger partial charge on any atom is -0.294 e. The smallest absolute Gasteiger partial charge is 0.168 e. The number of nitrogens with zero attached hydrogens (tertiary/aromatic N) is 3. The van der Waals surface area contributed by atoms with Crippen molar-refractivity contribution in [3.63, 3.8) is 0 Å². The fourth-order valence-corrected chi connectivity index (χ4v) is 2.62. The molecule has 4 nitrogen and oxygen atoms in total. The zero-order valence-electron chi connectivity index (χ0n) is 12.2. The first-order valence-corrected chi connectivity index (χ1v) is 6.99. The van der Waals surface area contributed by atoms with Crippen molar-refractivity contribution in [1.29, 1.82) is 0 Å². The van der Waals surface area contributed by atoms with Gasteiger partial charge in [0.15, 0.2) is 5.78 Å². The number of rotatable bonds is 4. The number of hydrogen-bond acceptors (Lipinski definition) is 3. The van der Waals surface area contributed by atoms with Gasteiger partial charge in [-0.2, -0.15) is 5.10 Å². The van der Waals surface area contributed by atoms with Crippen LogP contribution < -0.4 is 0 Å². The zero-order chi connectivity index (χ0) is 14.9. The van der Waals surface area contributed by atoms with Gasteiger partial charge in [-0.25, -0.2) is 0 Å². The van der Waals surface area contributed by atoms with Crippen LogP contribution in [0, 0.1) is 13.8 Å². The molecule has 0 fully saturated rings. The van der Waals surface area contributed by atoms with Crippen LogP contribution in [0.5, 0.6) is 0 Å². The minimum atomic E-state index is 0.0335. The molecule has 0 saturated carbocycles. The Morgan fingerprint density at radius 3 is 2.40 bits per heavy atom. The molecule has 0 aromatic carbocycles. The lowest BCUT2D eigenvalue weighted by atomic mass is 10.1. The first-order chi connectivity index (χ1) is 9.42. The molecular formula is C15H18ClN3O. The summed E-state index contributed by atoms with van der Waals surface area (Å²) in [6, 6.07) is 3.61. The van der Waals surface area contributed by atoms with Crippen molar-refractivity contribution in [2.45, 2.75) is 33.6 Å². The summed E-state index contributed by atoms with van der Waals surface area (Å²) in [6.45, 7) is 5.77. The molecule has 0 saturated heterocycles. The Balaban J connectivity index is 2.30. The highest BCUT2D eigenvalue weighted by atomic mass is 35.5. The van der Waals surface area contributed by atoms with Crippen LogP contribution in [0.25, 0.3) is 0 Å². The molecule has 0 unspecified atom stereocenters. The summed E-state index contributed by atoms with van der Waals surface area (Å²) in [5.41, 5.74) is 3.96. The SMILES string of the molecule is CCc1nn(C)c(CC(=O)c2cc(C)nc(C)c2)c1Cl. The maximum absolute atomic E-state index is 12.4. The second kappa shape index (κ2) is 5.75. The monoisotopic (exact) mass is 291 g/mol. The van der Waals surface area contributed by atoms with E-state index in [2.05, 4.69) is 10.1 Å². The number of carbonyl (C=O) groups is 1. The zero-order valence-corrected chi connectivity index (χ0v) is 13.0. The largest absolute Gasteiger partial charge is 0.294 e. The van der Waals surface area contributed by atoms with Gasteiger partial charge in [-0.3, -0.25) is 14.5 Å². The highest BCUT2D eigenvalue weighted by molar-refractivity contribution is 6.32. The maximum Gasteiger partial charge on any atom is 0.168 e. The van der Waals surface area contributed by atoms with Gasteiger partial charge in [-0.05, 0) is 32.4 Å².